The molecule has 4 nitrogen and oxygen atoms in total. The molecule has 1 atom stereocenters. The van der Waals surface area contributed by atoms with E-state index in [-0.39, 0.29) is 12.5 Å². The molecule has 0 aliphatic carbocycles. The topological polar surface area (TPSA) is 49.4 Å². The quantitative estimate of drug-likeness (QED) is 0.793. The second kappa shape index (κ2) is 7.69. The van der Waals surface area contributed by atoms with Crippen molar-refractivity contribution in [2.75, 3.05) is 24.5 Å². The van der Waals surface area contributed by atoms with E-state index < -0.39 is 31.7 Å². The fourth-order valence-electron chi connectivity index (χ4n) is 3.07. The Morgan fingerprint density at radius 3 is 2.52 bits per heavy atom. The molecule has 1 fully saturated rings. The highest BCUT2D eigenvalue weighted by molar-refractivity contribution is 7.89. The Labute approximate surface area is 161 Å². The maximum absolute atomic E-state index is 12.9. The third-order valence-electron chi connectivity index (χ3n) is 4.52. The van der Waals surface area contributed by atoms with Crippen LogP contribution in [-0.2, 0) is 16.2 Å². The first-order valence-corrected chi connectivity index (χ1v) is 10.2. The van der Waals surface area contributed by atoms with Crippen LogP contribution in [-0.4, -0.2) is 28.1 Å². The van der Waals surface area contributed by atoms with Crippen molar-refractivity contribution < 1.29 is 21.6 Å². The van der Waals surface area contributed by atoms with Gasteiger partial charge in [0.2, 0.25) is 10.0 Å². The van der Waals surface area contributed by atoms with Gasteiger partial charge in [0, 0.05) is 25.3 Å². The summed E-state index contributed by atoms with van der Waals surface area (Å²) in [6.07, 6.45) is -3.92. The highest BCUT2D eigenvalue weighted by atomic mass is 35.5. The second-order valence-corrected chi connectivity index (χ2v) is 8.60. The number of para-hydroxylation sites is 1. The molecule has 1 heterocycles. The van der Waals surface area contributed by atoms with Crippen molar-refractivity contribution in [3.8, 4) is 0 Å². The van der Waals surface area contributed by atoms with Gasteiger partial charge in [0.05, 0.1) is 15.5 Å². The number of hydrogen-bond acceptors (Lipinski definition) is 3. The minimum atomic E-state index is -4.72. The van der Waals surface area contributed by atoms with E-state index in [4.69, 9.17) is 11.6 Å². The molecule has 3 rings (SSSR count). The van der Waals surface area contributed by atoms with Crippen LogP contribution in [0.1, 0.15) is 12.0 Å². The lowest BCUT2D eigenvalue weighted by Crippen LogP contribution is -2.31. The molecule has 0 aromatic heterocycles. The molecule has 9 heteroatoms. The van der Waals surface area contributed by atoms with Gasteiger partial charge in [0.25, 0.3) is 0 Å². The zero-order valence-electron chi connectivity index (χ0n) is 14.2. The lowest BCUT2D eigenvalue weighted by atomic mass is 10.1. The summed E-state index contributed by atoms with van der Waals surface area (Å²) >= 11 is 5.55. The molecule has 1 N–H and O–H groups in total. The van der Waals surface area contributed by atoms with Gasteiger partial charge in [0.15, 0.2) is 0 Å². The standard InChI is InChI=1S/C18H18ClF3N2O2S/c19-17-7-6-15(10-16(17)18(20,21)22)27(25,26)23-11-13-8-9-24(12-13)14-4-2-1-3-5-14/h1-7,10,13,23H,8-9,11-12H2/t13-/m1/s1. The summed E-state index contributed by atoms with van der Waals surface area (Å²) < 4.78 is 66.1. The fourth-order valence-corrected chi connectivity index (χ4v) is 4.44. The maximum Gasteiger partial charge on any atom is 0.417 e. The van der Waals surface area contributed by atoms with Gasteiger partial charge in [-0.3, -0.25) is 0 Å². The number of nitrogens with zero attached hydrogens (tertiary/aromatic N) is 1. The van der Waals surface area contributed by atoms with Crippen LogP contribution in [0.4, 0.5) is 18.9 Å². The van der Waals surface area contributed by atoms with Crippen molar-refractivity contribution in [2.24, 2.45) is 5.92 Å². The highest BCUT2D eigenvalue weighted by Gasteiger charge is 2.34. The number of sulfonamides is 1. The molecule has 0 amide bonds. The Morgan fingerprint density at radius 2 is 1.85 bits per heavy atom. The van der Waals surface area contributed by atoms with Gasteiger partial charge < -0.3 is 4.90 Å². The van der Waals surface area contributed by atoms with Crippen LogP contribution in [0.2, 0.25) is 5.02 Å². The van der Waals surface area contributed by atoms with Crippen molar-refractivity contribution in [3.05, 3.63) is 59.1 Å². The first-order valence-electron chi connectivity index (χ1n) is 8.33. The van der Waals surface area contributed by atoms with Crippen molar-refractivity contribution in [3.63, 3.8) is 0 Å². The molecule has 0 bridgehead atoms. The normalized spacial score (nSPS) is 18.1. The summed E-state index contributed by atoms with van der Waals surface area (Å²) in [6.45, 7) is 1.65. The summed E-state index contributed by atoms with van der Waals surface area (Å²) in [7, 11) is -4.06. The molecule has 1 aliphatic heterocycles. The molecule has 1 saturated heterocycles. The molecule has 1 aliphatic rings. The first-order chi connectivity index (χ1) is 12.7. The van der Waals surface area contributed by atoms with E-state index in [0.29, 0.717) is 12.6 Å². The Bertz CT molecular complexity index is 905. The minimum absolute atomic E-state index is 0.0781. The van der Waals surface area contributed by atoms with Crippen LogP contribution in [0.15, 0.2) is 53.4 Å². The third-order valence-corrected chi connectivity index (χ3v) is 6.27. The smallest absolute Gasteiger partial charge is 0.371 e. The Hall–Kier alpha value is -1.77. The Balaban J connectivity index is 1.66. The summed E-state index contributed by atoms with van der Waals surface area (Å²) in [5.41, 5.74) is -0.0986. The van der Waals surface area contributed by atoms with E-state index in [1.54, 1.807) is 0 Å². The molecule has 146 valence electrons. The van der Waals surface area contributed by atoms with Gasteiger partial charge >= 0.3 is 6.18 Å². The van der Waals surface area contributed by atoms with Crippen LogP contribution in [0.5, 0.6) is 0 Å². The molecule has 0 saturated carbocycles. The zero-order valence-corrected chi connectivity index (χ0v) is 15.8. The third kappa shape index (κ3) is 4.75. The van der Waals surface area contributed by atoms with E-state index in [0.717, 1.165) is 30.8 Å². The summed E-state index contributed by atoms with van der Waals surface area (Å²) in [6, 6.07) is 12.4. The molecule has 0 unspecified atom stereocenters. The van der Waals surface area contributed by atoms with E-state index in [9.17, 15) is 21.6 Å². The van der Waals surface area contributed by atoms with Crippen molar-refractivity contribution >= 4 is 27.3 Å². The van der Waals surface area contributed by atoms with Crippen molar-refractivity contribution in [2.45, 2.75) is 17.5 Å². The number of alkyl halides is 3. The van der Waals surface area contributed by atoms with E-state index in [2.05, 4.69) is 9.62 Å². The summed E-state index contributed by atoms with van der Waals surface area (Å²) in [5, 5.41) is -0.532. The Morgan fingerprint density at radius 1 is 1.15 bits per heavy atom. The van der Waals surface area contributed by atoms with Gasteiger partial charge in [-0.2, -0.15) is 13.2 Å². The summed E-state index contributed by atoms with van der Waals surface area (Å²) in [4.78, 5) is 1.71. The predicted octanol–water partition coefficient (Wildman–Crippen LogP) is 4.16. The van der Waals surface area contributed by atoms with E-state index in [1.165, 1.54) is 0 Å². The maximum atomic E-state index is 12.9. The Kier molecular flexibility index (Phi) is 5.69. The number of nitrogens with one attached hydrogen (secondary N) is 1. The first kappa shape index (κ1) is 20.0. The van der Waals surface area contributed by atoms with Gasteiger partial charge in [-0.25, -0.2) is 13.1 Å². The highest BCUT2D eigenvalue weighted by Crippen LogP contribution is 2.36. The van der Waals surface area contributed by atoms with Gasteiger partial charge in [-0.05, 0) is 42.7 Å². The van der Waals surface area contributed by atoms with Crippen LogP contribution in [0.3, 0.4) is 0 Å². The van der Waals surface area contributed by atoms with Crippen molar-refractivity contribution in [1.29, 1.82) is 0 Å². The number of anilines is 1. The van der Waals surface area contributed by atoms with Crippen LogP contribution in [0, 0.1) is 5.92 Å². The number of halogens is 4. The summed E-state index contributed by atoms with van der Waals surface area (Å²) in [5.74, 6) is 0.0781. The van der Waals surface area contributed by atoms with Crippen LogP contribution < -0.4 is 9.62 Å². The van der Waals surface area contributed by atoms with E-state index in [1.807, 2.05) is 30.3 Å². The second-order valence-electron chi connectivity index (χ2n) is 6.43. The van der Waals surface area contributed by atoms with E-state index >= 15 is 0 Å². The molecule has 2 aromatic rings. The lowest BCUT2D eigenvalue weighted by molar-refractivity contribution is -0.137. The molecular weight excluding hydrogens is 401 g/mol. The monoisotopic (exact) mass is 418 g/mol. The zero-order chi connectivity index (χ0) is 19.7. The van der Waals surface area contributed by atoms with Crippen LogP contribution >= 0.6 is 11.6 Å². The van der Waals surface area contributed by atoms with Crippen LogP contribution in [0.25, 0.3) is 0 Å². The largest absolute Gasteiger partial charge is 0.417 e. The molecular formula is C18H18ClF3N2O2S. The molecule has 2 aromatic carbocycles. The van der Waals surface area contributed by atoms with Gasteiger partial charge in [0.1, 0.15) is 0 Å². The SMILES string of the molecule is O=S(=O)(NC[C@H]1CCN(c2ccccc2)C1)c1ccc(Cl)c(C(F)(F)F)c1. The van der Waals surface area contributed by atoms with Gasteiger partial charge in [-0.15, -0.1) is 0 Å². The number of hydrogen-bond donors (Lipinski definition) is 1. The predicted molar refractivity (Wildman–Crippen MR) is 98.4 cm³/mol. The molecule has 27 heavy (non-hydrogen) atoms. The molecule has 0 radical (unpaired) electrons. The average molecular weight is 419 g/mol. The number of rotatable bonds is 5. The average Bonchev–Trinajstić information content (AvgIpc) is 3.09. The minimum Gasteiger partial charge on any atom is -0.371 e. The lowest BCUT2D eigenvalue weighted by Gasteiger charge is -2.19. The fraction of sp³-hybridized carbons (Fsp3) is 0.333. The van der Waals surface area contributed by atoms with Gasteiger partial charge in [-0.1, -0.05) is 29.8 Å². The molecule has 0 spiro atoms. The van der Waals surface area contributed by atoms with Crippen molar-refractivity contribution in [1.82, 2.24) is 4.72 Å². The number of benzene rings is 2.